The minimum atomic E-state index is -0.567. The number of piperidine rings is 1. The van der Waals surface area contributed by atoms with Crippen LogP contribution in [0.2, 0.25) is 0 Å². The van der Waals surface area contributed by atoms with Crippen LogP contribution in [0.1, 0.15) is 26.7 Å². The van der Waals surface area contributed by atoms with Crippen molar-refractivity contribution in [1.29, 1.82) is 0 Å². The van der Waals surface area contributed by atoms with Crippen LogP contribution in [0.4, 0.5) is 0 Å². The fourth-order valence-corrected chi connectivity index (χ4v) is 1.94. The Morgan fingerprint density at radius 2 is 2.12 bits per heavy atom. The maximum atomic E-state index is 11.8. The van der Waals surface area contributed by atoms with Crippen LogP contribution in [0.5, 0.6) is 0 Å². The SMILES string of the molecule is COC(=O)[C@@H](C)NC(=O)[C@H]1CCN[C@@H](C)C1.Cl. The Labute approximate surface area is 108 Å². The number of nitrogens with one attached hydrogen (secondary N) is 2. The monoisotopic (exact) mass is 264 g/mol. The van der Waals surface area contributed by atoms with Gasteiger partial charge in [0.25, 0.3) is 0 Å². The van der Waals surface area contributed by atoms with Gasteiger partial charge in [-0.25, -0.2) is 4.79 Å². The lowest BCUT2D eigenvalue weighted by atomic mass is 9.92. The van der Waals surface area contributed by atoms with Gasteiger partial charge < -0.3 is 15.4 Å². The van der Waals surface area contributed by atoms with Crippen molar-refractivity contribution >= 4 is 24.3 Å². The summed E-state index contributed by atoms with van der Waals surface area (Å²) in [6.45, 7) is 4.54. The van der Waals surface area contributed by atoms with Gasteiger partial charge in [-0.2, -0.15) is 0 Å². The average Bonchev–Trinajstić information content (AvgIpc) is 2.27. The summed E-state index contributed by atoms with van der Waals surface area (Å²) in [4.78, 5) is 23.0. The van der Waals surface area contributed by atoms with Gasteiger partial charge in [0.05, 0.1) is 7.11 Å². The summed E-state index contributed by atoms with van der Waals surface area (Å²) in [5.74, 6) is -0.454. The zero-order valence-electron chi connectivity index (χ0n) is 10.5. The molecular weight excluding hydrogens is 244 g/mol. The molecule has 0 aromatic heterocycles. The first-order valence-electron chi connectivity index (χ1n) is 5.66. The topological polar surface area (TPSA) is 67.4 Å². The molecule has 0 bridgehead atoms. The highest BCUT2D eigenvalue weighted by Gasteiger charge is 2.26. The standard InChI is InChI=1S/C11H20N2O3.ClH/c1-7-6-9(4-5-12-7)10(14)13-8(2)11(15)16-3;/h7-9,12H,4-6H2,1-3H3,(H,13,14);1H/t7-,8+,9-;/m0./s1. The van der Waals surface area contributed by atoms with Crippen LogP contribution >= 0.6 is 12.4 Å². The van der Waals surface area contributed by atoms with Crippen LogP contribution in [0.25, 0.3) is 0 Å². The van der Waals surface area contributed by atoms with E-state index in [4.69, 9.17) is 0 Å². The van der Waals surface area contributed by atoms with E-state index >= 15 is 0 Å². The van der Waals surface area contributed by atoms with Gasteiger partial charge in [-0.3, -0.25) is 4.79 Å². The van der Waals surface area contributed by atoms with Gasteiger partial charge in [-0.1, -0.05) is 0 Å². The second kappa shape index (κ2) is 7.50. The molecule has 1 amide bonds. The Bertz CT molecular complexity index is 273. The predicted molar refractivity (Wildman–Crippen MR) is 67.1 cm³/mol. The lowest BCUT2D eigenvalue weighted by molar-refractivity contribution is -0.145. The number of esters is 1. The molecule has 0 spiro atoms. The Hall–Kier alpha value is -0.810. The summed E-state index contributed by atoms with van der Waals surface area (Å²) < 4.78 is 4.56. The fraction of sp³-hybridized carbons (Fsp3) is 0.818. The second-order valence-electron chi connectivity index (χ2n) is 4.33. The molecule has 0 radical (unpaired) electrons. The van der Waals surface area contributed by atoms with Crippen LogP contribution < -0.4 is 10.6 Å². The Morgan fingerprint density at radius 1 is 1.47 bits per heavy atom. The van der Waals surface area contributed by atoms with Crippen molar-refractivity contribution in [1.82, 2.24) is 10.6 Å². The summed E-state index contributed by atoms with van der Waals surface area (Å²) in [6.07, 6.45) is 1.64. The molecule has 1 rings (SSSR count). The van der Waals surface area contributed by atoms with Crippen molar-refractivity contribution in [2.75, 3.05) is 13.7 Å². The Morgan fingerprint density at radius 3 is 2.65 bits per heavy atom. The first kappa shape index (κ1) is 16.2. The highest BCUT2D eigenvalue weighted by atomic mass is 35.5. The zero-order chi connectivity index (χ0) is 12.1. The van der Waals surface area contributed by atoms with E-state index in [9.17, 15) is 9.59 Å². The van der Waals surface area contributed by atoms with Gasteiger partial charge in [0.1, 0.15) is 6.04 Å². The highest BCUT2D eigenvalue weighted by Crippen LogP contribution is 2.16. The van der Waals surface area contributed by atoms with E-state index in [1.54, 1.807) is 6.92 Å². The number of carbonyl (C=O) groups is 2. The molecule has 0 aliphatic carbocycles. The van der Waals surface area contributed by atoms with Crippen molar-refractivity contribution in [3.8, 4) is 0 Å². The highest BCUT2D eigenvalue weighted by molar-refractivity contribution is 5.85. The van der Waals surface area contributed by atoms with E-state index in [2.05, 4.69) is 22.3 Å². The molecule has 5 nitrogen and oxygen atoms in total. The molecule has 0 aromatic rings. The molecule has 3 atom stereocenters. The number of amides is 1. The van der Waals surface area contributed by atoms with Crippen LogP contribution in [0.15, 0.2) is 0 Å². The normalized spacial score (nSPS) is 25.4. The molecule has 1 fully saturated rings. The summed E-state index contributed by atoms with van der Waals surface area (Å²) in [6, 6.07) is -0.208. The van der Waals surface area contributed by atoms with Gasteiger partial charge in [-0.05, 0) is 33.2 Å². The van der Waals surface area contributed by atoms with Crippen LogP contribution in [0.3, 0.4) is 0 Å². The van der Waals surface area contributed by atoms with E-state index in [0.717, 1.165) is 19.4 Å². The molecule has 1 aliphatic heterocycles. The first-order chi connectivity index (χ1) is 7.54. The van der Waals surface area contributed by atoms with Gasteiger partial charge >= 0.3 is 5.97 Å². The Kier molecular flexibility index (Phi) is 7.15. The average molecular weight is 265 g/mol. The molecule has 2 N–H and O–H groups in total. The van der Waals surface area contributed by atoms with Crippen molar-refractivity contribution in [3.63, 3.8) is 0 Å². The maximum absolute atomic E-state index is 11.8. The van der Waals surface area contributed by atoms with Crippen LogP contribution in [0, 0.1) is 5.92 Å². The van der Waals surface area contributed by atoms with Gasteiger partial charge in [0.2, 0.25) is 5.91 Å². The number of halogens is 1. The number of methoxy groups -OCH3 is 1. The number of ether oxygens (including phenoxy) is 1. The predicted octanol–water partition coefficient (Wildman–Crippen LogP) is 0.474. The largest absolute Gasteiger partial charge is 0.467 e. The lowest BCUT2D eigenvalue weighted by Crippen LogP contribution is -2.46. The molecular formula is C11H21ClN2O3. The second-order valence-corrected chi connectivity index (χ2v) is 4.33. The number of carbonyl (C=O) groups excluding carboxylic acids is 2. The quantitative estimate of drug-likeness (QED) is 0.728. The van der Waals surface area contributed by atoms with E-state index in [0.29, 0.717) is 6.04 Å². The summed E-state index contributed by atoms with van der Waals surface area (Å²) in [5.41, 5.74) is 0. The molecule has 1 heterocycles. The molecule has 0 unspecified atom stereocenters. The fourth-order valence-electron chi connectivity index (χ4n) is 1.94. The van der Waals surface area contributed by atoms with E-state index in [-0.39, 0.29) is 24.2 Å². The van der Waals surface area contributed by atoms with E-state index in [1.165, 1.54) is 7.11 Å². The van der Waals surface area contributed by atoms with E-state index in [1.807, 2.05) is 0 Å². The molecule has 6 heteroatoms. The molecule has 1 aliphatic rings. The molecule has 0 saturated carbocycles. The number of rotatable bonds is 3. The van der Waals surface area contributed by atoms with Crippen molar-refractivity contribution in [3.05, 3.63) is 0 Å². The van der Waals surface area contributed by atoms with Crippen molar-refractivity contribution < 1.29 is 14.3 Å². The third-order valence-electron chi connectivity index (χ3n) is 2.91. The first-order valence-corrected chi connectivity index (χ1v) is 5.66. The van der Waals surface area contributed by atoms with Crippen LogP contribution in [-0.2, 0) is 14.3 Å². The zero-order valence-corrected chi connectivity index (χ0v) is 11.3. The molecule has 0 aromatic carbocycles. The van der Waals surface area contributed by atoms with Crippen LogP contribution in [-0.4, -0.2) is 37.6 Å². The van der Waals surface area contributed by atoms with Gasteiger partial charge in [0.15, 0.2) is 0 Å². The van der Waals surface area contributed by atoms with Crippen molar-refractivity contribution in [2.24, 2.45) is 5.92 Å². The minimum Gasteiger partial charge on any atom is -0.467 e. The van der Waals surface area contributed by atoms with Gasteiger partial charge in [-0.15, -0.1) is 12.4 Å². The molecule has 100 valence electrons. The molecule has 1 saturated heterocycles. The summed E-state index contributed by atoms with van der Waals surface area (Å²) in [5, 5.41) is 5.96. The number of hydrogen-bond donors (Lipinski definition) is 2. The third-order valence-corrected chi connectivity index (χ3v) is 2.91. The lowest BCUT2D eigenvalue weighted by Gasteiger charge is -2.27. The summed E-state index contributed by atoms with van der Waals surface area (Å²) in [7, 11) is 1.32. The smallest absolute Gasteiger partial charge is 0.328 e. The van der Waals surface area contributed by atoms with E-state index < -0.39 is 12.0 Å². The summed E-state index contributed by atoms with van der Waals surface area (Å²) >= 11 is 0. The third kappa shape index (κ3) is 4.91. The maximum Gasteiger partial charge on any atom is 0.328 e. The number of hydrogen-bond acceptors (Lipinski definition) is 4. The van der Waals surface area contributed by atoms with Crippen molar-refractivity contribution in [2.45, 2.75) is 38.8 Å². The molecule has 17 heavy (non-hydrogen) atoms. The van der Waals surface area contributed by atoms with Gasteiger partial charge in [0, 0.05) is 12.0 Å². The Balaban J connectivity index is 0.00000256. The minimum absolute atomic E-state index is 0.